The summed E-state index contributed by atoms with van der Waals surface area (Å²) < 4.78 is 18.5. The highest BCUT2D eigenvalue weighted by atomic mass is 35.5. The number of anilines is 1. The molecule has 2 N–H and O–H groups in total. The van der Waals surface area contributed by atoms with Gasteiger partial charge in [0.15, 0.2) is 0 Å². The molecule has 1 saturated heterocycles. The molecular formula is C23H29ClN4O3. The number of hydrogen-bond donors (Lipinski definition) is 1. The van der Waals surface area contributed by atoms with Gasteiger partial charge in [0.2, 0.25) is 0 Å². The van der Waals surface area contributed by atoms with Crippen LogP contribution in [0.5, 0.6) is 11.5 Å². The van der Waals surface area contributed by atoms with Crippen LogP contribution >= 0.6 is 11.6 Å². The minimum atomic E-state index is 0.520. The number of morpholine rings is 1. The Bertz CT molecular complexity index is 1050. The lowest BCUT2D eigenvalue weighted by Gasteiger charge is -2.30. The Balaban J connectivity index is 1.77. The number of nitrogens with zero attached hydrogens (tertiary/aromatic N) is 3. The van der Waals surface area contributed by atoms with E-state index in [1.807, 2.05) is 12.3 Å². The number of methoxy groups -OCH3 is 2. The second-order valence-electron chi connectivity index (χ2n) is 7.61. The van der Waals surface area contributed by atoms with Crippen LogP contribution in [0.1, 0.15) is 18.4 Å². The molecule has 7 nitrogen and oxygen atoms in total. The first kappa shape index (κ1) is 21.7. The van der Waals surface area contributed by atoms with Crippen molar-refractivity contribution in [3.63, 3.8) is 0 Å². The molecule has 0 bridgehead atoms. The first-order valence-electron chi connectivity index (χ1n) is 10.6. The fourth-order valence-corrected chi connectivity index (χ4v) is 4.25. The molecule has 0 spiro atoms. The Hall–Kier alpha value is -2.48. The molecule has 1 fully saturated rings. The quantitative estimate of drug-likeness (QED) is 0.533. The lowest BCUT2D eigenvalue weighted by molar-refractivity contribution is 0.122. The zero-order valence-corrected chi connectivity index (χ0v) is 18.8. The molecule has 3 heterocycles. The van der Waals surface area contributed by atoms with Crippen LogP contribution in [-0.4, -0.2) is 56.5 Å². The second-order valence-corrected chi connectivity index (χ2v) is 8.01. The van der Waals surface area contributed by atoms with E-state index >= 15 is 0 Å². The summed E-state index contributed by atoms with van der Waals surface area (Å²) in [7, 11) is 3.22. The maximum Gasteiger partial charge on any atom is 0.141 e. The molecule has 8 heteroatoms. The van der Waals surface area contributed by atoms with Gasteiger partial charge >= 0.3 is 0 Å². The molecule has 31 heavy (non-hydrogen) atoms. The van der Waals surface area contributed by atoms with Gasteiger partial charge in [-0.15, -0.1) is 0 Å². The fraction of sp³-hybridized carbons (Fsp3) is 0.435. The van der Waals surface area contributed by atoms with Crippen LogP contribution in [0.3, 0.4) is 0 Å². The highest BCUT2D eigenvalue weighted by molar-refractivity contribution is 6.32. The van der Waals surface area contributed by atoms with Crippen LogP contribution in [0.2, 0.25) is 5.02 Å². The van der Waals surface area contributed by atoms with Gasteiger partial charge in [-0.05, 0) is 37.4 Å². The van der Waals surface area contributed by atoms with Crippen LogP contribution in [0, 0.1) is 0 Å². The number of benzene rings is 1. The minimum absolute atomic E-state index is 0.520. The number of halogens is 1. The summed E-state index contributed by atoms with van der Waals surface area (Å²) in [5.74, 6) is 1.24. The zero-order valence-electron chi connectivity index (χ0n) is 18.1. The summed E-state index contributed by atoms with van der Waals surface area (Å²) in [6, 6.07) is 5.80. The maximum absolute atomic E-state index is 6.39. The van der Waals surface area contributed by atoms with E-state index in [-0.39, 0.29) is 0 Å². The SMILES string of the molecule is COc1cc(OC)c(-c2cn3cc(CCCCN)c(N4CCOCC4)cc3n2)cc1Cl. The molecule has 0 radical (unpaired) electrons. The van der Waals surface area contributed by atoms with Crippen LogP contribution in [0.4, 0.5) is 5.69 Å². The van der Waals surface area contributed by atoms with Crippen molar-refractivity contribution in [3.8, 4) is 22.8 Å². The lowest BCUT2D eigenvalue weighted by atomic mass is 10.1. The van der Waals surface area contributed by atoms with Crippen LogP contribution in [-0.2, 0) is 11.2 Å². The zero-order chi connectivity index (χ0) is 21.8. The number of hydrogen-bond acceptors (Lipinski definition) is 6. The summed E-state index contributed by atoms with van der Waals surface area (Å²) in [4.78, 5) is 7.28. The topological polar surface area (TPSA) is 74.2 Å². The van der Waals surface area contributed by atoms with E-state index < -0.39 is 0 Å². The van der Waals surface area contributed by atoms with Crippen molar-refractivity contribution in [2.24, 2.45) is 5.73 Å². The lowest BCUT2D eigenvalue weighted by Crippen LogP contribution is -2.36. The van der Waals surface area contributed by atoms with Crippen molar-refractivity contribution in [3.05, 3.63) is 41.2 Å². The van der Waals surface area contributed by atoms with E-state index in [0.29, 0.717) is 23.1 Å². The van der Waals surface area contributed by atoms with Gasteiger partial charge < -0.3 is 29.2 Å². The molecule has 1 aliphatic heterocycles. The van der Waals surface area contributed by atoms with E-state index in [1.165, 1.54) is 11.3 Å². The first-order chi connectivity index (χ1) is 15.1. The van der Waals surface area contributed by atoms with Gasteiger partial charge in [0.1, 0.15) is 17.1 Å². The smallest absolute Gasteiger partial charge is 0.141 e. The van der Waals surface area contributed by atoms with Crippen LogP contribution < -0.4 is 20.1 Å². The van der Waals surface area contributed by atoms with Gasteiger partial charge in [-0.2, -0.15) is 0 Å². The van der Waals surface area contributed by atoms with Crippen molar-refractivity contribution in [2.45, 2.75) is 19.3 Å². The van der Waals surface area contributed by atoms with E-state index in [9.17, 15) is 0 Å². The summed E-state index contributed by atoms with van der Waals surface area (Å²) in [6.07, 6.45) is 7.25. The van der Waals surface area contributed by atoms with Crippen molar-refractivity contribution >= 4 is 22.9 Å². The molecule has 166 valence electrons. The van der Waals surface area contributed by atoms with Gasteiger partial charge in [-0.25, -0.2) is 4.98 Å². The Kier molecular flexibility index (Phi) is 6.85. The average molecular weight is 445 g/mol. The summed E-state index contributed by atoms with van der Waals surface area (Å²) in [6.45, 7) is 3.97. The van der Waals surface area contributed by atoms with Gasteiger partial charge in [0, 0.05) is 48.9 Å². The van der Waals surface area contributed by atoms with E-state index in [0.717, 1.165) is 62.5 Å². The van der Waals surface area contributed by atoms with Gasteiger partial charge in [-0.1, -0.05) is 11.6 Å². The van der Waals surface area contributed by atoms with E-state index in [1.54, 1.807) is 20.3 Å². The number of nitrogens with two attached hydrogens (primary N) is 1. The first-order valence-corrected chi connectivity index (χ1v) is 11.0. The Morgan fingerprint density at radius 1 is 1.06 bits per heavy atom. The minimum Gasteiger partial charge on any atom is -0.496 e. The molecule has 1 aliphatic rings. The number of aromatic nitrogens is 2. The number of ether oxygens (including phenoxy) is 3. The number of imidazole rings is 1. The third kappa shape index (κ3) is 4.59. The summed E-state index contributed by atoms with van der Waals surface area (Å²) >= 11 is 6.39. The number of unbranched alkanes of at least 4 members (excludes halogenated alkanes) is 1. The van der Waals surface area contributed by atoms with Crippen LogP contribution in [0.25, 0.3) is 16.9 Å². The highest BCUT2D eigenvalue weighted by Crippen LogP contribution is 2.38. The Morgan fingerprint density at radius 2 is 1.84 bits per heavy atom. The molecular weight excluding hydrogens is 416 g/mol. The molecule has 4 rings (SSSR count). The number of rotatable bonds is 8. The fourth-order valence-electron chi connectivity index (χ4n) is 4.01. The molecule has 3 aromatic rings. The van der Waals surface area contributed by atoms with E-state index in [4.69, 9.17) is 36.5 Å². The largest absolute Gasteiger partial charge is 0.496 e. The number of pyridine rings is 1. The summed E-state index contributed by atoms with van der Waals surface area (Å²) in [5.41, 5.74) is 10.8. The van der Waals surface area contributed by atoms with Gasteiger partial charge in [0.25, 0.3) is 0 Å². The molecule has 2 aromatic heterocycles. The third-order valence-corrected chi connectivity index (χ3v) is 5.95. The van der Waals surface area contributed by atoms with Gasteiger partial charge in [0.05, 0.1) is 38.1 Å². The van der Waals surface area contributed by atoms with Crippen molar-refractivity contribution in [1.29, 1.82) is 0 Å². The third-order valence-electron chi connectivity index (χ3n) is 5.65. The van der Waals surface area contributed by atoms with Crippen molar-refractivity contribution in [1.82, 2.24) is 9.38 Å². The van der Waals surface area contributed by atoms with E-state index in [2.05, 4.69) is 21.6 Å². The predicted octanol–water partition coefficient (Wildman–Crippen LogP) is 3.79. The Labute approximate surface area is 187 Å². The molecule has 0 amide bonds. The predicted molar refractivity (Wildman–Crippen MR) is 124 cm³/mol. The number of fused-ring (bicyclic) bond motifs is 1. The van der Waals surface area contributed by atoms with Crippen molar-refractivity contribution < 1.29 is 14.2 Å². The van der Waals surface area contributed by atoms with Gasteiger partial charge in [-0.3, -0.25) is 0 Å². The highest BCUT2D eigenvalue weighted by Gasteiger charge is 2.19. The Morgan fingerprint density at radius 3 is 2.55 bits per heavy atom. The summed E-state index contributed by atoms with van der Waals surface area (Å²) in [5, 5.41) is 0.520. The standard InChI is InChI=1S/C23H29ClN4O3/c1-29-21-13-22(30-2)18(24)11-17(21)19-15-28-14-16(5-3-4-6-25)20(12-23(28)26-19)27-7-9-31-10-8-27/h11-15H,3-10,25H2,1-2H3. The monoisotopic (exact) mass is 444 g/mol. The normalized spacial score (nSPS) is 14.3. The average Bonchev–Trinajstić information content (AvgIpc) is 3.22. The van der Waals surface area contributed by atoms with Crippen molar-refractivity contribution in [2.75, 3.05) is 52.0 Å². The molecule has 0 unspecified atom stereocenters. The molecule has 0 aliphatic carbocycles. The number of aryl methyl sites for hydroxylation is 1. The molecule has 0 atom stereocenters. The molecule has 1 aromatic carbocycles. The second kappa shape index (κ2) is 9.77. The maximum atomic E-state index is 6.39. The van der Waals surface area contributed by atoms with Crippen LogP contribution in [0.15, 0.2) is 30.6 Å². The molecule has 0 saturated carbocycles.